The van der Waals surface area contributed by atoms with E-state index in [0.29, 0.717) is 18.3 Å². The number of carbonyl (C=O) groups excluding carboxylic acids is 2. The van der Waals surface area contributed by atoms with E-state index in [1.54, 1.807) is 0 Å². The van der Waals surface area contributed by atoms with E-state index in [-0.39, 0.29) is 5.92 Å². The van der Waals surface area contributed by atoms with Crippen molar-refractivity contribution in [2.45, 2.75) is 24.9 Å². The van der Waals surface area contributed by atoms with E-state index in [9.17, 15) is 9.59 Å². The number of benzene rings is 1. The van der Waals surface area contributed by atoms with E-state index in [4.69, 9.17) is 14.2 Å². The van der Waals surface area contributed by atoms with Gasteiger partial charge in [-0.25, -0.2) is 14.5 Å². The molecule has 28 heavy (non-hydrogen) atoms. The number of piperidine rings is 3. The number of fused-ring (bicyclic) bond motifs is 2. The number of esters is 2. The summed E-state index contributed by atoms with van der Waals surface area (Å²) in [5.74, 6) is -2.76. The van der Waals surface area contributed by atoms with Crippen molar-refractivity contribution in [1.29, 1.82) is 0 Å². The predicted molar refractivity (Wildman–Crippen MR) is 98.1 cm³/mol. The Morgan fingerprint density at radius 1 is 1.04 bits per heavy atom. The topological polar surface area (TPSA) is 90.9 Å². The first-order valence-corrected chi connectivity index (χ1v) is 9.90. The highest BCUT2D eigenvalue weighted by Gasteiger charge is 2.62. The molecule has 0 amide bonds. The molecule has 0 radical (unpaired) electrons. The number of hydrogen-bond acceptors (Lipinski definition) is 9. The summed E-state index contributed by atoms with van der Waals surface area (Å²) in [5.41, 5.74) is 0.940. The first kappa shape index (κ1) is 17.3. The van der Waals surface area contributed by atoms with Gasteiger partial charge in [0.05, 0.1) is 0 Å². The SMILES string of the molecule is O=C1C=CC(=O)OC2(O1)C(Oc1nnc(-c3ccccc3)s1)C1CCN2CC1. The van der Waals surface area contributed by atoms with Gasteiger partial charge >= 0.3 is 17.8 Å². The van der Waals surface area contributed by atoms with Gasteiger partial charge < -0.3 is 14.2 Å². The molecule has 1 atom stereocenters. The monoisotopic (exact) mass is 399 g/mol. The Morgan fingerprint density at radius 2 is 1.71 bits per heavy atom. The van der Waals surface area contributed by atoms with Crippen LogP contribution in [0.15, 0.2) is 42.5 Å². The zero-order valence-corrected chi connectivity index (χ0v) is 15.6. The number of ether oxygens (including phenoxy) is 3. The second-order valence-electron chi connectivity index (χ2n) is 6.91. The number of carbonyl (C=O) groups is 2. The molecule has 4 aliphatic heterocycles. The highest BCUT2D eigenvalue weighted by Crippen LogP contribution is 2.44. The van der Waals surface area contributed by atoms with Gasteiger partial charge in [-0.2, -0.15) is 0 Å². The number of aromatic nitrogens is 2. The van der Waals surface area contributed by atoms with E-state index in [2.05, 4.69) is 10.2 Å². The summed E-state index contributed by atoms with van der Waals surface area (Å²) >= 11 is 1.30. The molecule has 2 aromatic rings. The quantitative estimate of drug-likeness (QED) is 0.724. The second kappa shape index (κ2) is 6.68. The van der Waals surface area contributed by atoms with Gasteiger partial charge in [-0.3, -0.25) is 0 Å². The molecule has 3 saturated heterocycles. The maximum Gasteiger partial charge on any atom is 0.359 e. The minimum atomic E-state index is -1.57. The maximum atomic E-state index is 12.1. The van der Waals surface area contributed by atoms with E-state index in [1.165, 1.54) is 11.3 Å². The third kappa shape index (κ3) is 2.87. The summed E-state index contributed by atoms with van der Waals surface area (Å²) in [7, 11) is 0. The highest BCUT2D eigenvalue weighted by molar-refractivity contribution is 7.16. The molecule has 1 aromatic heterocycles. The van der Waals surface area contributed by atoms with Gasteiger partial charge in [-0.05, 0) is 12.8 Å². The van der Waals surface area contributed by atoms with Crippen LogP contribution in [0.4, 0.5) is 0 Å². The predicted octanol–water partition coefficient (Wildman–Crippen LogP) is 1.99. The van der Waals surface area contributed by atoms with Crippen LogP contribution in [-0.2, 0) is 19.1 Å². The van der Waals surface area contributed by atoms with Crippen LogP contribution in [0.1, 0.15) is 12.8 Å². The first-order valence-electron chi connectivity index (χ1n) is 9.09. The van der Waals surface area contributed by atoms with Gasteiger partial charge in [-0.1, -0.05) is 46.8 Å². The molecule has 144 valence electrons. The van der Waals surface area contributed by atoms with Crippen LogP contribution in [0.3, 0.4) is 0 Å². The Balaban J connectivity index is 1.47. The lowest BCUT2D eigenvalue weighted by atomic mass is 9.82. The first-order chi connectivity index (χ1) is 13.6. The van der Waals surface area contributed by atoms with Gasteiger partial charge in [-0.15, -0.1) is 5.10 Å². The molecule has 1 aromatic carbocycles. The van der Waals surface area contributed by atoms with Crippen LogP contribution >= 0.6 is 11.3 Å². The third-order valence-electron chi connectivity index (χ3n) is 5.27. The zero-order chi connectivity index (χ0) is 19.1. The van der Waals surface area contributed by atoms with Gasteiger partial charge in [0.25, 0.3) is 5.19 Å². The van der Waals surface area contributed by atoms with Crippen LogP contribution in [0.5, 0.6) is 5.19 Å². The van der Waals surface area contributed by atoms with Gasteiger partial charge in [0.2, 0.25) is 0 Å². The average Bonchev–Trinajstić information content (AvgIpc) is 3.13. The lowest BCUT2D eigenvalue weighted by molar-refractivity contribution is -0.348. The van der Waals surface area contributed by atoms with E-state index in [1.807, 2.05) is 35.2 Å². The average molecular weight is 399 g/mol. The summed E-state index contributed by atoms with van der Waals surface area (Å²) in [6.07, 6.45) is 3.21. The van der Waals surface area contributed by atoms with E-state index in [0.717, 1.165) is 35.6 Å². The van der Waals surface area contributed by atoms with Crippen molar-refractivity contribution in [1.82, 2.24) is 15.1 Å². The third-order valence-corrected chi connectivity index (χ3v) is 6.14. The standard InChI is InChI=1S/C19H17N3O5S/c23-14-6-7-15(24)27-19(26-14)16(12-8-10-22(19)11-9-12)25-18-21-20-17(28-18)13-4-2-1-3-5-13/h1-7,12,16H,8-11H2. The molecule has 9 heteroatoms. The molecule has 0 saturated carbocycles. The molecule has 4 aliphatic rings. The fourth-order valence-corrected chi connectivity index (χ4v) is 4.72. The molecule has 0 N–H and O–H groups in total. The fourth-order valence-electron chi connectivity index (χ4n) is 3.98. The van der Waals surface area contributed by atoms with Gasteiger partial charge in [0, 0.05) is 36.7 Å². The number of rotatable bonds is 3. The van der Waals surface area contributed by atoms with Crippen molar-refractivity contribution in [3.8, 4) is 15.8 Å². The second-order valence-corrected chi connectivity index (χ2v) is 7.85. The molecule has 1 spiro atoms. The minimum absolute atomic E-state index is 0.0766. The molecule has 2 bridgehead atoms. The van der Waals surface area contributed by atoms with E-state index < -0.39 is 24.0 Å². The van der Waals surface area contributed by atoms with Crippen LogP contribution in [-0.4, -0.2) is 52.1 Å². The number of hydrogen-bond donors (Lipinski definition) is 0. The fraction of sp³-hybridized carbons (Fsp3) is 0.368. The zero-order valence-electron chi connectivity index (χ0n) is 14.8. The molecular weight excluding hydrogens is 382 g/mol. The molecule has 6 rings (SSSR count). The van der Waals surface area contributed by atoms with Crippen LogP contribution in [0.25, 0.3) is 10.6 Å². The maximum absolute atomic E-state index is 12.1. The molecule has 1 unspecified atom stereocenters. The van der Waals surface area contributed by atoms with Crippen LogP contribution in [0, 0.1) is 5.92 Å². The van der Waals surface area contributed by atoms with Gasteiger partial charge in [0.15, 0.2) is 11.1 Å². The lowest BCUT2D eigenvalue weighted by Crippen LogP contribution is -2.71. The minimum Gasteiger partial charge on any atom is -0.455 e. The van der Waals surface area contributed by atoms with Crippen molar-refractivity contribution >= 4 is 23.3 Å². The van der Waals surface area contributed by atoms with Crippen molar-refractivity contribution < 1.29 is 23.8 Å². The van der Waals surface area contributed by atoms with Crippen molar-refractivity contribution in [2.24, 2.45) is 5.92 Å². The molecule has 5 heterocycles. The summed E-state index contributed by atoms with van der Waals surface area (Å²) in [6.45, 7) is 1.33. The Labute approximate surface area is 164 Å². The Kier molecular flexibility index (Phi) is 4.13. The van der Waals surface area contributed by atoms with Gasteiger partial charge in [0.1, 0.15) is 0 Å². The summed E-state index contributed by atoms with van der Waals surface area (Å²) in [4.78, 5) is 26.1. The highest BCUT2D eigenvalue weighted by atomic mass is 32.1. The summed E-state index contributed by atoms with van der Waals surface area (Å²) < 4.78 is 17.4. The molecule has 8 nitrogen and oxygen atoms in total. The van der Waals surface area contributed by atoms with Crippen molar-refractivity contribution in [2.75, 3.05) is 13.1 Å². The molecule has 3 fully saturated rings. The lowest BCUT2D eigenvalue weighted by Gasteiger charge is -2.54. The Hall–Kier alpha value is -2.78. The van der Waals surface area contributed by atoms with Crippen LogP contribution < -0.4 is 4.74 Å². The normalized spacial score (nSPS) is 27.9. The van der Waals surface area contributed by atoms with Crippen LogP contribution in [0.2, 0.25) is 0 Å². The van der Waals surface area contributed by atoms with Crippen molar-refractivity contribution in [3.05, 3.63) is 42.5 Å². The number of nitrogens with zero attached hydrogens (tertiary/aromatic N) is 3. The smallest absolute Gasteiger partial charge is 0.359 e. The summed E-state index contributed by atoms with van der Waals surface area (Å²) in [5, 5.41) is 9.41. The Bertz CT molecular complexity index is 916. The summed E-state index contributed by atoms with van der Waals surface area (Å²) in [6, 6.07) is 9.68. The van der Waals surface area contributed by atoms with Crippen molar-refractivity contribution in [3.63, 3.8) is 0 Å². The van der Waals surface area contributed by atoms with E-state index >= 15 is 0 Å². The largest absolute Gasteiger partial charge is 0.455 e. The molecule has 0 aliphatic carbocycles. The molecular formula is C19H17N3O5S. The Morgan fingerprint density at radius 3 is 2.39 bits per heavy atom.